The molecule has 2 heterocycles. The Hall–Kier alpha value is -2.91. The summed E-state index contributed by atoms with van der Waals surface area (Å²) >= 11 is 5.93. The zero-order valence-electron chi connectivity index (χ0n) is 13.2. The van der Waals surface area contributed by atoms with Gasteiger partial charge in [-0.25, -0.2) is 9.48 Å². The number of rotatable bonds is 3. The Labute approximate surface area is 143 Å². The highest BCUT2D eigenvalue weighted by atomic mass is 35.5. The van der Waals surface area contributed by atoms with E-state index in [9.17, 15) is 4.79 Å². The summed E-state index contributed by atoms with van der Waals surface area (Å²) in [6.07, 6.45) is 2.75. The van der Waals surface area contributed by atoms with Gasteiger partial charge in [-0.05, 0) is 23.8 Å². The molecule has 0 spiro atoms. The molecule has 1 N–H and O–H groups in total. The number of halogens is 1. The van der Waals surface area contributed by atoms with Gasteiger partial charge in [0.05, 0.1) is 23.3 Å². The molecule has 24 heavy (non-hydrogen) atoms. The number of fused-ring (bicyclic) bond motifs is 1. The van der Waals surface area contributed by atoms with E-state index >= 15 is 0 Å². The molecular weight excluding hydrogens is 328 g/mol. The van der Waals surface area contributed by atoms with E-state index in [1.807, 2.05) is 38.1 Å². The van der Waals surface area contributed by atoms with Gasteiger partial charge in [-0.1, -0.05) is 31.5 Å². The van der Waals surface area contributed by atoms with Crippen LogP contribution in [0.15, 0.2) is 36.7 Å². The van der Waals surface area contributed by atoms with Crippen molar-refractivity contribution in [3.8, 4) is 6.07 Å². The maximum absolute atomic E-state index is 11.0. The smallest absolute Gasteiger partial charge is 0.340 e. The molecule has 0 aliphatic rings. The summed E-state index contributed by atoms with van der Waals surface area (Å²) in [5.74, 6) is -1.17. The number of nitrogens with zero attached hydrogens (tertiary/aromatic N) is 4. The molecule has 3 rings (SSSR count). The highest BCUT2D eigenvalue weighted by Gasteiger charge is 2.16. The average molecular weight is 343 g/mol. The van der Waals surface area contributed by atoms with E-state index in [4.69, 9.17) is 22.0 Å². The van der Waals surface area contributed by atoms with E-state index in [0.29, 0.717) is 11.6 Å². The monoisotopic (exact) mass is 342 g/mol. The number of carboxylic acids is 1. The van der Waals surface area contributed by atoms with Gasteiger partial charge in [0.25, 0.3) is 0 Å². The highest BCUT2D eigenvalue weighted by molar-refractivity contribution is 6.31. The lowest BCUT2D eigenvalue weighted by Gasteiger charge is -2.05. The number of carbonyl (C=O) groups is 1. The molecule has 2 aromatic heterocycles. The Kier molecular flexibility index (Phi) is 5.51. The van der Waals surface area contributed by atoms with E-state index in [0.717, 1.165) is 16.5 Å². The topological polar surface area (TPSA) is 91.8 Å². The molecule has 3 aromatic rings. The van der Waals surface area contributed by atoms with Crippen LogP contribution in [-0.4, -0.2) is 25.8 Å². The SMILES string of the molecule is CC.N#Cc1c(C(=O)O)cnn1Cc1ccc2ncc(Cl)cc2c1. The fraction of sp³-hybridized carbons (Fsp3) is 0.176. The third kappa shape index (κ3) is 3.53. The van der Waals surface area contributed by atoms with Crippen molar-refractivity contribution in [2.75, 3.05) is 0 Å². The summed E-state index contributed by atoms with van der Waals surface area (Å²) in [5, 5.41) is 23.5. The number of hydrogen-bond acceptors (Lipinski definition) is 4. The van der Waals surface area contributed by atoms with Crippen molar-refractivity contribution in [2.24, 2.45) is 0 Å². The van der Waals surface area contributed by atoms with Gasteiger partial charge in [0.1, 0.15) is 11.6 Å². The molecule has 0 bridgehead atoms. The first-order valence-corrected chi connectivity index (χ1v) is 7.69. The summed E-state index contributed by atoms with van der Waals surface area (Å²) in [7, 11) is 0. The number of hydrogen-bond donors (Lipinski definition) is 1. The number of benzene rings is 1. The minimum atomic E-state index is -1.17. The fourth-order valence-electron chi connectivity index (χ4n) is 2.21. The lowest BCUT2D eigenvalue weighted by Crippen LogP contribution is -2.06. The number of aromatic carboxylic acids is 1. The number of nitriles is 1. The zero-order chi connectivity index (χ0) is 17.7. The van der Waals surface area contributed by atoms with Crippen molar-refractivity contribution in [3.63, 3.8) is 0 Å². The summed E-state index contributed by atoms with van der Waals surface area (Å²) in [4.78, 5) is 15.2. The predicted octanol–water partition coefficient (Wildman–Crippen LogP) is 3.73. The van der Waals surface area contributed by atoms with Crippen molar-refractivity contribution >= 4 is 28.5 Å². The number of pyridine rings is 1. The maximum atomic E-state index is 11.0. The third-order valence-corrected chi connectivity index (χ3v) is 3.43. The second kappa shape index (κ2) is 7.57. The van der Waals surface area contributed by atoms with E-state index in [2.05, 4.69) is 10.1 Å². The van der Waals surface area contributed by atoms with Crippen molar-refractivity contribution in [1.29, 1.82) is 5.26 Å². The maximum Gasteiger partial charge on any atom is 0.340 e. The van der Waals surface area contributed by atoms with Crippen LogP contribution in [-0.2, 0) is 6.54 Å². The lowest BCUT2D eigenvalue weighted by atomic mass is 10.1. The Morgan fingerprint density at radius 3 is 2.75 bits per heavy atom. The van der Waals surface area contributed by atoms with Crippen LogP contribution < -0.4 is 0 Å². The zero-order valence-corrected chi connectivity index (χ0v) is 13.9. The van der Waals surface area contributed by atoms with Gasteiger partial charge in [0, 0.05) is 11.6 Å². The summed E-state index contributed by atoms with van der Waals surface area (Å²) in [5.41, 5.74) is 1.60. The molecule has 0 amide bonds. The predicted molar refractivity (Wildman–Crippen MR) is 91.1 cm³/mol. The fourth-order valence-corrected chi connectivity index (χ4v) is 2.37. The molecule has 122 valence electrons. The van der Waals surface area contributed by atoms with Crippen molar-refractivity contribution in [3.05, 3.63) is 58.5 Å². The summed E-state index contributed by atoms with van der Waals surface area (Å²) in [6.45, 7) is 4.29. The Balaban J connectivity index is 0.00000100. The van der Waals surface area contributed by atoms with Crippen LogP contribution in [0.1, 0.15) is 35.5 Å². The van der Waals surface area contributed by atoms with Gasteiger partial charge in [-0.3, -0.25) is 4.98 Å². The molecular formula is C17H15ClN4O2. The molecule has 0 unspecified atom stereocenters. The standard InChI is InChI=1S/C15H9ClN4O2.C2H6/c16-11-4-10-3-9(1-2-13(10)18-6-11)8-20-14(5-17)12(7-19-20)15(21)22;1-2/h1-4,6-7H,8H2,(H,21,22);1-2H3. The van der Waals surface area contributed by atoms with Gasteiger partial charge in [0.15, 0.2) is 5.69 Å². The molecule has 0 saturated carbocycles. The second-order valence-electron chi connectivity index (χ2n) is 4.66. The normalized spacial score (nSPS) is 9.92. The second-order valence-corrected chi connectivity index (χ2v) is 5.10. The van der Waals surface area contributed by atoms with Crippen LogP contribution in [0.3, 0.4) is 0 Å². The van der Waals surface area contributed by atoms with Crippen molar-refractivity contribution in [1.82, 2.24) is 14.8 Å². The van der Waals surface area contributed by atoms with Crippen LogP contribution in [0.25, 0.3) is 10.9 Å². The number of carboxylic acid groups (broad SMARTS) is 1. The molecule has 0 aliphatic heterocycles. The quantitative estimate of drug-likeness (QED) is 0.783. The molecule has 0 radical (unpaired) electrons. The van der Waals surface area contributed by atoms with E-state index < -0.39 is 5.97 Å². The molecule has 0 aliphatic carbocycles. The van der Waals surface area contributed by atoms with Crippen LogP contribution in [0.4, 0.5) is 0 Å². The first-order chi connectivity index (χ1) is 11.6. The molecule has 6 nitrogen and oxygen atoms in total. The first-order valence-electron chi connectivity index (χ1n) is 7.32. The van der Waals surface area contributed by atoms with Gasteiger partial charge in [0.2, 0.25) is 0 Å². The number of aromatic nitrogens is 3. The van der Waals surface area contributed by atoms with Crippen LogP contribution in [0.5, 0.6) is 0 Å². The molecule has 0 fully saturated rings. The average Bonchev–Trinajstić information content (AvgIpc) is 2.99. The van der Waals surface area contributed by atoms with Crippen molar-refractivity contribution in [2.45, 2.75) is 20.4 Å². The van der Waals surface area contributed by atoms with Crippen molar-refractivity contribution < 1.29 is 9.90 Å². The summed E-state index contributed by atoms with van der Waals surface area (Å²) in [6, 6.07) is 9.26. The third-order valence-electron chi connectivity index (χ3n) is 3.22. The van der Waals surface area contributed by atoms with Crippen LogP contribution in [0, 0.1) is 11.3 Å². The van der Waals surface area contributed by atoms with Crippen LogP contribution >= 0.6 is 11.6 Å². The van der Waals surface area contributed by atoms with Gasteiger partial charge in [-0.15, -0.1) is 0 Å². The van der Waals surface area contributed by atoms with Gasteiger partial charge < -0.3 is 5.11 Å². The summed E-state index contributed by atoms with van der Waals surface area (Å²) < 4.78 is 1.36. The van der Waals surface area contributed by atoms with Gasteiger partial charge >= 0.3 is 5.97 Å². The molecule has 1 aromatic carbocycles. The van der Waals surface area contributed by atoms with Crippen LogP contribution in [0.2, 0.25) is 5.02 Å². The molecule has 0 atom stereocenters. The molecule has 0 saturated heterocycles. The largest absolute Gasteiger partial charge is 0.478 e. The Morgan fingerprint density at radius 1 is 1.33 bits per heavy atom. The minimum absolute atomic E-state index is 0.0248. The minimum Gasteiger partial charge on any atom is -0.478 e. The Morgan fingerprint density at radius 2 is 2.08 bits per heavy atom. The van der Waals surface area contributed by atoms with Gasteiger partial charge in [-0.2, -0.15) is 10.4 Å². The van der Waals surface area contributed by atoms with E-state index in [1.54, 1.807) is 12.3 Å². The highest BCUT2D eigenvalue weighted by Crippen LogP contribution is 2.19. The van der Waals surface area contributed by atoms with E-state index in [-0.39, 0.29) is 11.3 Å². The molecule has 7 heteroatoms. The first kappa shape index (κ1) is 17.4. The van der Waals surface area contributed by atoms with E-state index in [1.165, 1.54) is 10.9 Å². The Bertz CT molecular complexity index is 928. The lowest BCUT2D eigenvalue weighted by molar-refractivity contribution is 0.0696.